The van der Waals surface area contributed by atoms with Crippen LogP contribution < -0.4 is 11.3 Å². The molecule has 15 heteroatoms. The van der Waals surface area contributed by atoms with Crippen molar-refractivity contribution in [2.24, 2.45) is 12.8 Å². The van der Waals surface area contributed by atoms with E-state index in [0.29, 0.717) is 0 Å². The van der Waals surface area contributed by atoms with Gasteiger partial charge in [0.2, 0.25) is 0 Å². The van der Waals surface area contributed by atoms with Crippen molar-refractivity contribution in [1.29, 1.82) is 0 Å². The third kappa shape index (κ3) is 5.03. The van der Waals surface area contributed by atoms with E-state index < -0.39 is 50.8 Å². The van der Waals surface area contributed by atoms with Crippen LogP contribution in [0.1, 0.15) is 47.8 Å². The Balaban J connectivity index is 1.93. The predicted molar refractivity (Wildman–Crippen MR) is 157 cm³/mol. The Hall–Kier alpha value is -1.89. The third-order valence-corrected chi connectivity index (χ3v) is 19.0. The molecular formula is C25H43N5O7SSi2. The van der Waals surface area contributed by atoms with Crippen molar-refractivity contribution in [2.45, 2.75) is 102 Å². The molecular weight excluding hydrogens is 571 g/mol. The Morgan fingerprint density at radius 1 is 1.05 bits per heavy atom. The fourth-order valence-corrected chi connectivity index (χ4v) is 7.93. The van der Waals surface area contributed by atoms with E-state index in [1.54, 1.807) is 11.6 Å². The summed E-state index contributed by atoms with van der Waals surface area (Å²) in [6.07, 6.45) is -0.166. The van der Waals surface area contributed by atoms with E-state index in [9.17, 15) is 13.2 Å². The van der Waals surface area contributed by atoms with Gasteiger partial charge in [0, 0.05) is 7.05 Å². The number of rotatable bonds is 6. The van der Waals surface area contributed by atoms with Crippen molar-refractivity contribution in [1.82, 2.24) is 19.1 Å². The summed E-state index contributed by atoms with van der Waals surface area (Å²) in [4.78, 5) is 21.8. The Kier molecular flexibility index (Phi) is 7.43. The summed E-state index contributed by atoms with van der Waals surface area (Å²) >= 11 is 0. The standard InChI is InChI=1S/C25H43N5O7SSi2/c1-23(2,3)39(8,9)34-12-17-25(16(26)13-38(32,33)37-25)19(36-40(10,11)24(4,5)6)22(35-17)30-15-28-20-18(30)21(31)29(7)14-27-20/h13-15,17,19,22H,12,26H2,1-11H3/t17-,19+,22-,25?/m1/s1. The van der Waals surface area contributed by atoms with Gasteiger partial charge in [0.05, 0.1) is 24.0 Å². The Morgan fingerprint density at radius 2 is 1.62 bits per heavy atom. The molecule has 4 rings (SSSR count). The van der Waals surface area contributed by atoms with Crippen LogP contribution in [0.25, 0.3) is 11.2 Å². The van der Waals surface area contributed by atoms with Crippen LogP contribution in [-0.4, -0.2) is 68.6 Å². The van der Waals surface area contributed by atoms with Gasteiger partial charge in [-0.2, -0.15) is 8.42 Å². The van der Waals surface area contributed by atoms with Gasteiger partial charge in [-0.1, -0.05) is 41.5 Å². The zero-order valence-electron chi connectivity index (χ0n) is 25.3. The van der Waals surface area contributed by atoms with Crippen molar-refractivity contribution >= 4 is 37.9 Å². The van der Waals surface area contributed by atoms with Gasteiger partial charge < -0.3 is 23.9 Å². The molecule has 224 valence electrons. The van der Waals surface area contributed by atoms with E-state index in [2.05, 4.69) is 64.6 Å². The molecule has 4 atom stereocenters. The second-order valence-electron chi connectivity index (χ2n) is 13.8. The maximum absolute atomic E-state index is 13.2. The monoisotopic (exact) mass is 613 g/mol. The molecule has 0 radical (unpaired) electrons. The van der Waals surface area contributed by atoms with Crippen molar-refractivity contribution < 1.29 is 26.2 Å². The van der Waals surface area contributed by atoms with Gasteiger partial charge in [-0.3, -0.25) is 9.36 Å². The minimum absolute atomic E-state index is 0.0112. The van der Waals surface area contributed by atoms with Gasteiger partial charge in [-0.05, 0) is 36.3 Å². The molecule has 2 aliphatic rings. The quantitative estimate of drug-likeness (QED) is 0.380. The van der Waals surface area contributed by atoms with E-state index in [1.165, 1.54) is 17.2 Å². The molecule has 0 aliphatic carbocycles. The summed E-state index contributed by atoms with van der Waals surface area (Å²) in [5.74, 6) is 0. The summed E-state index contributed by atoms with van der Waals surface area (Å²) < 4.78 is 54.7. The van der Waals surface area contributed by atoms with E-state index in [0.717, 1.165) is 5.41 Å². The van der Waals surface area contributed by atoms with Crippen molar-refractivity contribution in [3.8, 4) is 0 Å². The Bertz CT molecular complexity index is 1500. The lowest BCUT2D eigenvalue weighted by molar-refractivity contribution is -0.0534. The molecule has 0 amide bonds. The first kappa shape index (κ1) is 31.1. The highest BCUT2D eigenvalue weighted by Gasteiger charge is 2.67. The number of aryl methyl sites for hydroxylation is 1. The number of nitrogens with zero attached hydrogens (tertiary/aromatic N) is 4. The number of hydrogen-bond donors (Lipinski definition) is 1. The average Bonchev–Trinajstić information content (AvgIpc) is 3.40. The molecule has 12 nitrogen and oxygen atoms in total. The molecule has 1 unspecified atom stereocenters. The molecule has 4 heterocycles. The maximum atomic E-state index is 13.2. The molecule has 0 aromatic carbocycles. The molecule has 2 N–H and O–H groups in total. The molecule has 2 aliphatic heterocycles. The van der Waals surface area contributed by atoms with Gasteiger partial charge in [-0.15, -0.1) is 0 Å². The SMILES string of the molecule is Cn1cnc2ncn([C@@H]3O[C@H](CO[Si](C)(C)C(C)(C)C)C4(OS(=O)(=O)C=C4N)[C@H]3O[Si](C)(C)C(C)(C)C)c2c1=O. The topological polar surface area (TPSA) is 150 Å². The van der Waals surface area contributed by atoms with Crippen LogP contribution >= 0.6 is 0 Å². The molecule has 2 aromatic heterocycles. The molecule has 0 bridgehead atoms. The van der Waals surface area contributed by atoms with Gasteiger partial charge in [0.1, 0.15) is 18.5 Å². The zero-order chi connectivity index (χ0) is 30.3. The normalized spacial score (nSPS) is 27.6. The number of aromatic nitrogens is 4. The lowest BCUT2D eigenvalue weighted by Crippen LogP contribution is -2.59. The van der Waals surface area contributed by atoms with Crippen molar-refractivity contribution in [2.75, 3.05) is 6.61 Å². The molecule has 1 spiro atoms. The molecule has 0 saturated carbocycles. The maximum Gasteiger partial charge on any atom is 0.292 e. The summed E-state index contributed by atoms with van der Waals surface area (Å²) in [6, 6.07) is 0. The number of hydrogen-bond acceptors (Lipinski definition) is 10. The zero-order valence-corrected chi connectivity index (χ0v) is 28.1. The first-order valence-corrected chi connectivity index (χ1v) is 20.6. The largest absolute Gasteiger partial charge is 0.414 e. The Labute approximate surface area is 238 Å². The van der Waals surface area contributed by atoms with Gasteiger partial charge in [-0.25, -0.2) is 14.2 Å². The van der Waals surface area contributed by atoms with Crippen LogP contribution in [0.2, 0.25) is 36.3 Å². The van der Waals surface area contributed by atoms with Crippen LogP contribution in [-0.2, 0) is 34.9 Å². The van der Waals surface area contributed by atoms with E-state index >= 15 is 0 Å². The fourth-order valence-electron chi connectivity index (χ4n) is 4.42. The van der Waals surface area contributed by atoms with Crippen LogP contribution in [0, 0.1) is 0 Å². The molecule has 40 heavy (non-hydrogen) atoms. The number of nitrogens with two attached hydrogens (primary N) is 1. The van der Waals surface area contributed by atoms with Crippen LogP contribution in [0.4, 0.5) is 0 Å². The van der Waals surface area contributed by atoms with Crippen LogP contribution in [0.5, 0.6) is 0 Å². The van der Waals surface area contributed by atoms with Gasteiger partial charge >= 0.3 is 0 Å². The number of ether oxygens (including phenoxy) is 1. The summed E-state index contributed by atoms with van der Waals surface area (Å²) in [7, 11) is -7.47. The first-order valence-electron chi connectivity index (χ1n) is 13.3. The molecule has 1 fully saturated rings. The highest BCUT2D eigenvalue weighted by atomic mass is 32.2. The summed E-state index contributed by atoms with van der Waals surface area (Å²) in [6.45, 7) is 20.9. The lowest BCUT2D eigenvalue weighted by Gasteiger charge is -2.43. The first-order chi connectivity index (χ1) is 18.0. The van der Waals surface area contributed by atoms with Crippen LogP contribution in [0.15, 0.2) is 28.6 Å². The van der Waals surface area contributed by atoms with Crippen molar-refractivity contribution in [3.63, 3.8) is 0 Å². The molecule has 2 aromatic rings. The minimum atomic E-state index is -4.15. The number of imidazole rings is 1. The minimum Gasteiger partial charge on any atom is -0.414 e. The highest BCUT2D eigenvalue weighted by Crippen LogP contribution is 2.52. The summed E-state index contributed by atoms with van der Waals surface area (Å²) in [5.41, 5.74) is 4.88. The predicted octanol–water partition coefficient (Wildman–Crippen LogP) is 3.34. The van der Waals surface area contributed by atoms with E-state index in [4.69, 9.17) is 23.5 Å². The van der Waals surface area contributed by atoms with Gasteiger partial charge in [0.15, 0.2) is 39.6 Å². The Morgan fingerprint density at radius 3 is 2.15 bits per heavy atom. The summed E-state index contributed by atoms with van der Waals surface area (Å²) in [5, 5.41) is 0.559. The van der Waals surface area contributed by atoms with E-state index in [1.807, 2.05) is 13.1 Å². The number of fused-ring (bicyclic) bond motifs is 1. The third-order valence-electron chi connectivity index (χ3n) is 8.99. The smallest absolute Gasteiger partial charge is 0.292 e. The second kappa shape index (κ2) is 9.57. The molecule has 1 saturated heterocycles. The van der Waals surface area contributed by atoms with E-state index in [-0.39, 0.29) is 39.1 Å². The van der Waals surface area contributed by atoms with Crippen molar-refractivity contribution in [3.05, 3.63) is 34.1 Å². The average molecular weight is 614 g/mol. The van der Waals surface area contributed by atoms with Crippen LogP contribution in [0.3, 0.4) is 0 Å². The van der Waals surface area contributed by atoms with Gasteiger partial charge in [0.25, 0.3) is 15.7 Å². The highest BCUT2D eigenvalue weighted by molar-refractivity contribution is 7.90. The second-order valence-corrected chi connectivity index (χ2v) is 24.8. The lowest BCUT2D eigenvalue weighted by atomic mass is 9.89. The fraction of sp³-hybridized carbons (Fsp3) is 0.720.